The van der Waals surface area contributed by atoms with E-state index in [9.17, 15) is 0 Å². The van der Waals surface area contributed by atoms with Crippen molar-refractivity contribution < 1.29 is 0 Å². The van der Waals surface area contributed by atoms with Crippen LogP contribution in [0.25, 0.3) is 21.9 Å². The highest BCUT2D eigenvalue weighted by Crippen LogP contribution is 2.28. The van der Waals surface area contributed by atoms with E-state index in [4.69, 9.17) is 0 Å². The Bertz CT molecular complexity index is 696. The van der Waals surface area contributed by atoms with Gasteiger partial charge in [-0.25, -0.2) is 0 Å². The van der Waals surface area contributed by atoms with Crippen LogP contribution in [0, 0.1) is 6.92 Å². The summed E-state index contributed by atoms with van der Waals surface area (Å²) < 4.78 is 0. The van der Waals surface area contributed by atoms with Crippen molar-refractivity contribution in [3.8, 4) is 11.1 Å². The van der Waals surface area contributed by atoms with E-state index in [2.05, 4.69) is 73.7 Å². The summed E-state index contributed by atoms with van der Waals surface area (Å²) in [4.78, 5) is 0. The zero-order chi connectivity index (χ0) is 13.8. The predicted molar refractivity (Wildman–Crippen MR) is 87.7 cm³/mol. The summed E-state index contributed by atoms with van der Waals surface area (Å²) in [5.41, 5.74) is 4.03. The molecule has 0 aliphatic heterocycles. The molecule has 0 aliphatic carbocycles. The molecule has 0 bridgehead atoms. The van der Waals surface area contributed by atoms with E-state index in [0.29, 0.717) is 0 Å². The molecule has 0 amide bonds. The quantitative estimate of drug-likeness (QED) is 0.567. The third-order valence-corrected chi connectivity index (χ3v) is 3.75. The topological polar surface area (TPSA) is 0 Å². The van der Waals surface area contributed by atoms with E-state index >= 15 is 0 Å². The predicted octanol–water partition coefficient (Wildman–Crippen LogP) is 5.66. The van der Waals surface area contributed by atoms with Crippen LogP contribution < -0.4 is 0 Å². The van der Waals surface area contributed by atoms with Gasteiger partial charge in [-0.15, -0.1) is 0 Å². The molecule has 3 aromatic carbocycles. The van der Waals surface area contributed by atoms with Gasteiger partial charge in [0.2, 0.25) is 0 Å². The van der Waals surface area contributed by atoms with Crippen molar-refractivity contribution in [3.63, 3.8) is 0 Å². The van der Waals surface area contributed by atoms with Gasteiger partial charge in [0.25, 0.3) is 0 Å². The molecule has 0 saturated carbocycles. The highest BCUT2D eigenvalue weighted by molar-refractivity contribution is 5.90. The van der Waals surface area contributed by atoms with Gasteiger partial charge in [-0.05, 0) is 46.4 Å². The van der Waals surface area contributed by atoms with Crippen LogP contribution >= 0.6 is 0 Å². The van der Waals surface area contributed by atoms with E-state index < -0.39 is 0 Å². The first-order valence-electron chi connectivity index (χ1n) is 7.25. The van der Waals surface area contributed by atoms with E-state index in [1.165, 1.54) is 27.5 Å². The second kappa shape index (κ2) is 5.92. The summed E-state index contributed by atoms with van der Waals surface area (Å²) in [5, 5.41) is 2.70. The van der Waals surface area contributed by atoms with Crippen LogP contribution in [0.2, 0.25) is 0 Å². The molecule has 0 aliphatic rings. The summed E-state index contributed by atoms with van der Waals surface area (Å²) in [6.07, 6.45) is 3.23. The van der Waals surface area contributed by atoms with Crippen molar-refractivity contribution in [2.75, 3.05) is 0 Å². The minimum atomic E-state index is 0.990. The molecule has 0 atom stereocenters. The maximum atomic E-state index is 3.96. The number of hydrogen-bond acceptors (Lipinski definition) is 0. The number of unbranched alkanes of at least 4 members (excludes halogenated alkanes) is 1. The Labute approximate surface area is 121 Å². The third kappa shape index (κ3) is 2.60. The van der Waals surface area contributed by atoms with Crippen LogP contribution in [0.4, 0.5) is 0 Å². The molecule has 0 spiro atoms. The SMILES string of the molecule is [CH2]CCCc1cc(-c2ccccc2)cc2ccccc12. The molecule has 0 heteroatoms. The number of fused-ring (bicyclic) bond motifs is 1. The summed E-state index contributed by atoms with van der Waals surface area (Å²) in [6.45, 7) is 3.96. The third-order valence-electron chi connectivity index (χ3n) is 3.75. The van der Waals surface area contributed by atoms with Gasteiger partial charge in [0, 0.05) is 0 Å². The van der Waals surface area contributed by atoms with Gasteiger partial charge >= 0.3 is 0 Å². The zero-order valence-corrected chi connectivity index (χ0v) is 11.7. The molecule has 0 aromatic heterocycles. The molecule has 99 valence electrons. The molecule has 3 rings (SSSR count). The zero-order valence-electron chi connectivity index (χ0n) is 11.7. The average molecular weight is 259 g/mol. The van der Waals surface area contributed by atoms with Gasteiger partial charge < -0.3 is 0 Å². The van der Waals surface area contributed by atoms with E-state index in [1.807, 2.05) is 0 Å². The standard InChI is InChI=1S/C20H19/c1-2-3-9-17-14-19(16-10-5-4-6-11-16)15-18-12-7-8-13-20(17)18/h4-8,10-15H,1-3,9H2. The maximum Gasteiger partial charge on any atom is -0.0151 e. The van der Waals surface area contributed by atoms with Crippen LogP contribution in [-0.4, -0.2) is 0 Å². The van der Waals surface area contributed by atoms with Crippen molar-refractivity contribution in [2.24, 2.45) is 0 Å². The number of benzene rings is 3. The fourth-order valence-corrected chi connectivity index (χ4v) is 2.71. The van der Waals surface area contributed by atoms with Crippen LogP contribution in [0.1, 0.15) is 18.4 Å². The minimum Gasteiger partial charge on any atom is -0.0622 e. The molecular weight excluding hydrogens is 240 g/mol. The van der Waals surface area contributed by atoms with Gasteiger partial charge in [0.15, 0.2) is 0 Å². The summed E-state index contributed by atoms with van der Waals surface area (Å²) >= 11 is 0. The van der Waals surface area contributed by atoms with Crippen molar-refractivity contribution >= 4 is 10.8 Å². The molecule has 0 fully saturated rings. The fraction of sp³-hybridized carbons (Fsp3) is 0.150. The average Bonchev–Trinajstić information content (AvgIpc) is 2.53. The second-order valence-corrected chi connectivity index (χ2v) is 5.18. The highest BCUT2D eigenvalue weighted by atomic mass is 14.1. The van der Waals surface area contributed by atoms with E-state index in [1.54, 1.807) is 0 Å². The lowest BCUT2D eigenvalue weighted by atomic mass is 9.94. The van der Waals surface area contributed by atoms with Gasteiger partial charge in [-0.3, -0.25) is 0 Å². The fourth-order valence-electron chi connectivity index (χ4n) is 2.71. The number of hydrogen-bond donors (Lipinski definition) is 0. The van der Waals surface area contributed by atoms with Crippen LogP contribution in [0.3, 0.4) is 0 Å². The van der Waals surface area contributed by atoms with Crippen molar-refractivity contribution in [2.45, 2.75) is 19.3 Å². The molecule has 20 heavy (non-hydrogen) atoms. The highest BCUT2D eigenvalue weighted by Gasteiger charge is 2.05. The van der Waals surface area contributed by atoms with Gasteiger partial charge in [0.05, 0.1) is 0 Å². The minimum absolute atomic E-state index is 0.990. The molecule has 0 unspecified atom stereocenters. The molecule has 0 saturated heterocycles. The number of rotatable bonds is 4. The second-order valence-electron chi connectivity index (χ2n) is 5.18. The molecule has 3 aromatic rings. The molecule has 0 nitrogen and oxygen atoms in total. The van der Waals surface area contributed by atoms with E-state index in [0.717, 1.165) is 19.3 Å². The van der Waals surface area contributed by atoms with E-state index in [-0.39, 0.29) is 0 Å². The maximum absolute atomic E-state index is 3.96. The normalized spacial score (nSPS) is 10.8. The van der Waals surface area contributed by atoms with Crippen molar-refractivity contribution in [1.29, 1.82) is 0 Å². The first kappa shape index (κ1) is 12.9. The lowest BCUT2D eigenvalue weighted by molar-refractivity contribution is 0.846. The molecular formula is C20H19. The van der Waals surface area contributed by atoms with Crippen LogP contribution in [-0.2, 0) is 6.42 Å². The number of aryl methyl sites for hydroxylation is 1. The molecule has 0 heterocycles. The Morgan fingerprint density at radius 2 is 1.50 bits per heavy atom. The van der Waals surface area contributed by atoms with Crippen LogP contribution in [0.15, 0.2) is 66.7 Å². The first-order valence-corrected chi connectivity index (χ1v) is 7.25. The summed E-state index contributed by atoms with van der Waals surface area (Å²) in [6, 6.07) is 23.9. The van der Waals surface area contributed by atoms with Crippen molar-refractivity contribution in [3.05, 3.63) is 79.2 Å². The van der Waals surface area contributed by atoms with Gasteiger partial charge in [-0.2, -0.15) is 0 Å². The Kier molecular flexibility index (Phi) is 3.83. The lowest BCUT2D eigenvalue weighted by Gasteiger charge is -2.10. The summed E-state index contributed by atoms with van der Waals surface area (Å²) in [5.74, 6) is 0. The summed E-state index contributed by atoms with van der Waals surface area (Å²) in [7, 11) is 0. The Morgan fingerprint density at radius 1 is 0.750 bits per heavy atom. The van der Waals surface area contributed by atoms with Crippen molar-refractivity contribution in [1.82, 2.24) is 0 Å². The largest absolute Gasteiger partial charge is 0.0622 e. The Hall–Kier alpha value is -2.08. The Morgan fingerprint density at radius 3 is 2.30 bits per heavy atom. The Balaban J connectivity index is 2.14. The first-order chi connectivity index (χ1) is 9.88. The van der Waals surface area contributed by atoms with Gasteiger partial charge in [0.1, 0.15) is 0 Å². The molecule has 0 N–H and O–H groups in total. The monoisotopic (exact) mass is 259 g/mol. The smallest absolute Gasteiger partial charge is 0.0151 e. The molecule has 1 radical (unpaired) electrons. The van der Waals surface area contributed by atoms with Crippen LogP contribution in [0.5, 0.6) is 0 Å². The van der Waals surface area contributed by atoms with Gasteiger partial charge in [-0.1, -0.05) is 74.0 Å². The lowest BCUT2D eigenvalue weighted by Crippen LogP contribution is -1.89.